The zero-order valence-electron chi connectivity index (χ0n) is 12.0. The second-order valence-electron chi connectivity index (χ2n) is 4.95. The molecule has 0 bridgehead atoms. The second kappa shape index (κ2) is 7.12. The summed E-state index contributed by atoms with van der Waals surface area (Å²) in [6.45, 7) is 3.94. The van der Waals surface area contributed by atoms with Gasteiger partial charge in [0.25, 0.3) is 0 Å². The van der Waals surface area contributed by atoms with Crippen molar-refractivity contribution in [3.8, 4) is 0 Å². The van der Waals surface area contributed by atoms with Gasteiger partial charge in [-0.05, 0) is 25.1 Å². The molecular weight excluding hydrogens is 254 g/mol. The fourth-order valence-corrected chi connectivity index (χ4v) is 1.99. The van der Waals surface area contributed by atoms with Gasteiger partial charge in [0.2, 0.25) is 0 Å². The molecule has 0 saturated carbocycles. The molecule has 0 saturated heterocycles. The molecular formula is C14H21N5O. The van der Waals surface area contributed by atoms with Crippen molar-refractivity contribution < 1.29 is 5.11 Å². The van der Waals surface area contributed by atoms with Crippen molar-refractivity contribution in [2.24, 2.45) is 0 Å². The van der Waals surface area contributed by atoms with E-state index >= 15 is 0 Å². The molecule has 1 N–H and O–H groups in total. The van der Waals surface area contributed by atoms with E-state index in [-0.39, 0.29) is 6.10 Å². The summed E-state index contributed by atoms with van der Waals surface area (Å²) in [5.74, 6) is 0.865. The number of aromatic nitrogens is 4. The van der Waals surface area contributed by atoms with Gasteiger partial charge in [0.15, 0.2) is 0 Å². The maximum atomic E-state index is 9.71. The summed E-state index contributed by atoms with van der Waals surface area (Å²) in [5.41, 5.74) is 1.16. The molecule has 0 aliphatic carbocycles. The summed E-state index contributed by atoms with van der Waals surface area (Å²) >= 11 is 0. The summed E-state index contributed by atoms with van der Waals surface area (Å²) in [6.07, 6.45) is 5.51. The number of hydrogen-bond acceptors (Lipinski definition) is 5. The molecule has 0 radical (unpaired) electrons. The van der Waals surface area contributed by atoms with E-state index in [0.29, 0.717) is 19.5 Å². The van der Waals surface area contributed by atoms with E-state index in [2.05, 4.69) is 26.0 Å². The summed E-state index contributed by atoms with van der Waals surface area (Å²) in [7, 11) is 2.03. The lowest BCUT2D eigenvalue weighted by atomic mass is 10.2. The molecule has 2 aromatic heterocycles. The van der Waals surface area contributed by atoms with Crippen molar-refractivity contribution >= 4 is 0 Å². The zero-order valence-corrected chi connectivity index (χ0v) is 12.0. The topological polar surface area (TPSA) is 67.1 Å². The molecule has 20 heavy (non-hydrogen) atoms. The Hall–Kier alpha value is -1.79. The Morgan fingerprint density at radius 3 is 2.95 bits per heavy atom. The van der Waals surface area contributed by atoms with Gasteiger partial charge in [-0.25, -0.2) is 9.67 Å². The van der Waals surface area contributed by atoms with Gasteiger partial charge < -0.3 is 5.11 Å². The first-order valence-electron chi connectivity index (χ1n) is 6.81. The largest absolute Gasteiger partial charge is 0.391 e. The highest BCUT2D eigenvalue weighted by Gasteiger charge is 2.11. The van der Waals surface area contributed by atoms with E-state index in [9.17, 15) is 5.11 Å². The molecule has 0 aliphatic rings. The van der Waals surface area contributed by atoms with Crippen LogP contribution in [0, 0.1) is 0 Å². The summed E-state index contributed by atoms with van der Waals surface area (Å²) in [6, 6.07) is 3.98. The van der Waals surface area contributed by atoms with E-state index < -0.39 is 0 Å². The Bertz CT molecular complexity index is 513. The Morgan fingerprint density at radius 2 is 2.25 bits per heavy atom. The fraction of sp³-hybridized carbons (Fsp3) is 0.500. The van der Waals surface area contributed by atoms with E-state index in [1.165, 1.54) is 6.33 Å². The van der Waals surface area contributed by atoms with Crippen LogP contribution in [0.4, 0.5) is 0 Å². The predicted octanol–water partition coefficient (Wildman–Crippen LogP) is 1.08. The normalized spacial score (nSPS) is 12.8. The van der Waals surface area contributed by atoms with Crippen molar-refractivity contribution in [2.45, 2.75) is 39.1 Å². The van der Waals surface area contributed by atoms with Gasteiger partial charge in [-0.1, -0.05) is 13.0 Å². The molecule has 1 unspecified atom stereocenters. The first kappa shape index (κ1) is 14.6. The standard InChI is InChI=1S/C14H21N5O/c1-3-13(20)9-19-14(16-11-17-19)10-18(2)8-12-5-4-6-15-7-12/h4-7,11,13,20H,3,8-10H2,1-2H3. The van der Waals surface area contributed by atoms with Crippen LogP contribution in [0.3, 0.4) is 0 Å². The van der Waals surface area contributed by atoms with Gasteiger partial charge >= 0.3 is 0 Å². The third-order valence-electron chi connectivity index (χ3n) is 3.14. The third kappa shape index (κ3) is 4.11. The van der Waals surface area contributed by atoms with Crippen molar-refractivity contribution in [1.29, 1.82) is 0 Å². The molecule has 0 aromatic carbocycles. The highest BCUT2D eigenvalue weighted by molar-refractivity contribution is 5.08. The molecule has 108 valence electrons. The third-order valence-corrected chi connectivity index (χ3v) is 3.14. The molecule has 2 aromatic rings. The predicted molar refractivity (Wildman–Crippen MR) is 75.7 cm³/mol. The zero-order chi connectivity index (χ0) is 14.4. The van der Waals surface area contributed by atoms with E-state index in [1.807, 2.05) is 26.2 Å². The molecule has 0 aliphatic heterocycles. The molecule has 2 rings (SSSR count). The average molecular weight is 275 g/mol. The minimum atomic E-state index is -0.376. The summed E-state index contributed by atoms with van der Waals surface area (Å²) in [4.78, 5) is 10.5. The molecule has 2 heterocycles. The van der Waals surface area contributed by atoms with Crippen molar-refractivity contribution in [3.05, 3.63) is 42.2 Å². The Kier molecular flexibility index (Phi) is 5.20. The van der Waals surface area contributed by atoms with Crippen LogP contribution in [0.5, 0.6) is 0 Å². The van der Waals surface area contributed by atoms with Crippen LogP contribution >= 0.6 is 0 Å². The quantitative estimate of drug-likeness (QED) is 0.819. The highest BCUT2D eigenvalue weighted by atomic mass is 16.3. The Labute approximate surface area is 119 Å². The van der Waals surface area contributed by atoms with E-state index in [4.69, 9.17) is 0 Å². The van der Waals surface area contributed by atoms with Gasteiger partial charge in [0, 0.05) is 18.9 Å². The summed E-state index contributed by atoms with van der Waals surface area (Å²) in [5, 5.41) is 13.9. The second-order valence-corrected chi connectivity index (χ2v) is 4.95. The van der Waals surface area contributed by atoms with Crippen LogP contribution < -0.4 is 0 Å². The van der Waals surface area contributed by atoms with Crippen LogP contribution in [0.25, 0.3) is 0 Å². The summed E-state index contributed by atoms with van der Waals surface area (Å²) < 4.78 is 1.77. The highest BCUT2D eigenvalue weighted by Crippen LogP contribution is 2.06. The van der Waals surface area contributed by atoms with Crippen LogP contribution in [-0.2, 0) is 19.6 Å². The van der Waals surface area contributed by atoms with Crippen molar-refractivity contribution in [3.63, 3.8) is 0 Å². The number of pyridine rings is 1. The van der Waals surface area contributed by atoms with Crippen molar-refractivity contribution in [2.75, 3.05) is 7.05 Å². The lowest BCUT2D eigenvalue weighted by molar-refractivity contribution is 0.142. The fourth-order valence-electron chi connectivity index (χ4n) is 1.99. The molecule has 0 amide bonds. The maximum Gasteiger partial charge on any atom is 0.141 e. The Balaban J connectivity index is 1.94. The molecule has 0 spiro atoms. The Morgan fingerprint density at radius 1 is 1.40 bits per heavy atom. The number of hydrogen-bond donors (Lipinski definition) is 1. The number of nitrogens with zero attached hydrogens (tertiary/aromatic N) is 5. The van der Waals surface area contributed by atoms with Gasteiger partial charge in [-0.15, -0.1) is 0 Å². The van der Waals surface area contributed by atoms with Gasteiger partial charge in [-0.2, -0.15) is 5.10 Å². The van der Waals surface area contributed by atoms with Gasteiger partial charge in [-0.3, -0.25) is 9.88 Å². The molecule has 0 fully saturated rings. The molecule has 6 heteroatoms. The van der Waals surface area contributed by atoms with Crippen LogP contribution in [-0.4, -0.2) is 42.9 Å². The van der Waals surface area contributed by atoms with Crippen LogP contribution in [0.1, 0.15) is 24.7 Å². The smallest absolute Gasteiger partial charge is 0.141 e. The SMILES string of the molecule is CCC(O)Cn1ncnc1CN(C)Cc1cccnc1. The molecule has 6 nitrogen and oxygen atoms in total. The number of rotatable bonds is 7. The number of aliphatic hydroxyl groups excluding tert-OH is 1. The minimum absolute atomic E-state index is 0.376. The average Bonchev–Trinajstić information content (AvgIpc) is 2.86. The first-order valence-corrected chi connectivity index (χ1v) is 6.81. The first-order chi connectivity index (χ1) is 9.69. The van der Waals surface area contributed by atoms with Crippen LogP contribution in [0.2, 0.25) is 0 Å². The number of aliphatic hydroxyl groups is 1. The van der Waals surface area contributed by atoms with E-state index in [1.54, 1.807) is 10.9 Å². The lowest BCUT2D eigenvalue weighted by Gasteiger charge is -2.17. The maximum absolute atomic E-state index is 9.71. The van der Waals surface area contributed by atoms with Gasteiger partial charge in [0.1, 0.15) is 12.2 Å². The lowest BCUT2D eigenvalue weighted by Crippen LogP contribution is -2.23. The van der Waals surface area contributed by atoms with E-state index in [0.717, 1.165) is 17.9 Å². The monoisotopic (exact) mass is 275 g/mol. The van der Waals surface area contributed by atoms with Gasteiger partial charge in [0.05, 0.1) is 19.2 Å². The molecule has 1 atom stereocenters. The minimum Gasteiger partial charge on any atom is -0.391 e. The van der Waals surface area contributed by atoms with Crippen LogP contribution in [0.15, 0.2) is 30.9 Å². The van der Waals surface area contributed by atoms with Crippen molar-refractivity contribution in [1.82, 2.24) is 24.6 Å².